The van der Waals surface area contributed by atoms with Gasteiger partial charge in [-0.1, -0.05) is 6.07 Å². The van der Waals surface area contributed by atoms with E-state index >= 15 is 0 Å². The third kappa shape index (κ3) is 3.68. The Morgan fingerprint density at radius 1 is 1.19 bits per heavy atom. The Morgan fingerprint density at radius 3 is 2.48 bits per heavy atom. The van der Waals surface area contributed by atoms with Crippen molar-refractivity contribution in [2.45, 2.75) is 12.7 Å². The number of halogens is 5. The van der Waals surface area contributed by atoms with E-state index in [-0.39, 0.29) is 22.3 Å². The van der Waals surface area contributed by atoms with Crippen molar-refractivity contribution in [3.8, 4) is 0 Å². The van der Waals surface area contributed by atoms with Crippen molar-refractivity contribution in [1.82, 2.24) is 4.57 Å². The van der Waals surface area contributed by atoms with E-state index < -0.39 is 17.3 Å². The van der Waals surface area contributed by atoms with Crippen LogP contribution in [0.3, 0.4) is 0 Å². The molecule has 0 atom stereocenters. The number of nitrogens with zero attached hydrogens (tertiary/aromatic N) is 1. The van der Waals surface area contributed by atoms with Crippen LogP contribution >= 0.6 is 31.9 Å². The smallest absolute Gasteiger partial charge is 0.399 e. The van der Waals surface area contributed by atoms with E-state index in [0.29, 0.717) is 4.47 Å². The van der Waals surface area contributed by atoms with Crippen LogP contribution in [0.1, 0.15) is 11.1 Å². The summed E-state index contributed by atoms with van der Waals surface area (Å²) in [4.78, 5) is 11.9. The number of rotatable bonds is 2. The summed E-state index contributed by atoms with van der Waals surface area (Å²) in [5, 5.41) is 0. The molecule has 0 radical (unpaired) electrons. The molecule has 2 aromatic rings. The van der Waals surface area contributed by atoms with Crippen molar-refractivity contribution >= 4 is 37.5 Å². The summed E-state index contributed by atoms with van der Waals surface area (Å²) in [5.41, 5.74) is 4.15. The minimum absolute atomic E-state index is 0.0221. The Labute approximate surface area is 134 Å². The highest BCUT2D eigenvalue weighted by Gasteiger charge is 2.33. The molecule has 8 heteroatoms. The number of anilines is 1. The lowest BCUT2D eigenvalue weighted by Crippen LogP contribution is -2.22. The summed E-state index contributed by atoms with van der Waals surface area (Å²) in [6, 6.07) is 5.06. The molecule has 1 aromatic carbocycles. The molecule has 1 aromatic heterocycles. The van der Waals surface area contributed by atoms with Gasteiger partial charge in [0, 0.05) is 16.4 Å². The Morgan fingerprint density at radius 2 is 1.86 bits per heavy atom. The minimum Gasteiger partial charge on any atom is -0.399 e. The fourth-order valence-electron chi connectivity index (χ4n) is 1.86. The molecule has 1 heterocycles. The molecule has 0 fully saturated rings. The summed E-state index contributed by atoms with van der Waals surface area (Å²) in [5.74, 6) is 0. The molecule has 0 aliphatic carbocycles. The molecule has 0 amide bonds. The lowest BCUT2D eigenvalue weighted by molar-refractivity contribution is -0.138. The zero-order chi connectivity index (χ0) is 15.8. The second-order valence-electron chi connectivity index (χ2n) is 4.35. The van der Waals surface area contributed by atoms with Gasteiger partial charge in [0.1, 0.15) is 0 Å². The molecule has 3 nitrogen and oxygen atoms in total. The summed E-state index contributed by atoms with van der Waals surface area (Å²) >= 11 is 6.27. The number of hydrogen-bond acceptors (Lipinski definition) is 2. The highest BCUT2D eigenvalue weighted by molar-refractivity contribution is 9.11. The van der Waals surface area contributed by atoms with Crippen LogP contribution in [0.4, 0.5) is 18.9 Å². The van der Waals surface area contributed by atoms with Gasteiger partial charge in [0.15, 0.2) is 0 Å². The van der Waals surface area contributed by atoms with Gasteiger partial charge in [0.05, 0.1) is 16.6 Å². The third-order valence-corrected chi connectivity index (χ3v) is 3.79. The zero-order valence-electron chi connectivity index (χ0n) is 10.4. The Hall–Kier alpha value is -1.28. The SMILES string of the molecule is Nc1ccc(Cn2cc(Br)cc(Br)c2=O)c(C(F)(F)F)c1. The topological polar surface area (TPSA) is 48.0 Å². The van der Waals surface area contributed by atoms with Crippen LogP contribution < -0.4 is 11.3 Å². The van der Waals surface area contributed by atoms with Crippen LogP contribution in [0.15, 0.2) is 44.2 Å². The van der Waals surface area contributed by atoms with Crippen LogP contribution in [0.5, 0.6) is 0 Å². The van der Waals surface area contributed by atoms with Gasteiger partial charge in [-0.2, -0.15) is 13.2 Å². The van der Waals surface area contributed by atoms with Crippen LogP contribution in [0, 0.1) is 0 Å². The third-order valence-electron chi connectivity index (χ3n) is 2.79. The van der Waals surface area contributed by atoms with Gasteiger partial charge in [-0.05, 0) is 55.6 Å². The van der Waals surface area contributed by atoms with Crippen LogP contribution in [-0.2, 0) is 12.7 Å². The number of alkyl halides is 3. The highest BCUT2D eigenvalue weighted by atomic mass is 79.9. The number of nitrogen functional groups attached to an aromatic ring is 1. The number of nitrogens with two attached hydrogens (primary N) is 1. The standard InChI is InChI=1S/C13H9Br2F3N2O/c14-8-3-11(15)12(21)20(6-8)5-7-1-2-9(19)4-10(7)13(16,17)18/h1-4,6H,5,19H2. The molecule has 0 aliphatic heterocycles. The minimum atomic E-state index is -4.53. The lowest BCUT2D eigenvalue weighted by Gasteiger charge is -2.15. The molecule has 0 saturated carbocycles. The Balaban J connectivity index is 2.53. The Bertz CT molecular complexity index is 741. The van der Waals surface area contributed by atoms with Crippen molar-refractivity contribution < 1.29 is 13.2 Å². The molecule has 0 spiro atoms. The summed E-state index contributed by atoms with van der Waals surface area (Å²) in [6.07, 6.45) is -3.10. The molecular formula is C13H9Br2F3N2O. The van der Waals surface area contributed by atoms with Gasteiger partial charge in [0.25, 0.3) is 5.56 Å². The second-order valence-corrected chi connectivity index (χ2v) is 6.12. The van der Waals surface area contributed by atoms with Gasteiger partial charge in [-0.15, -0.1) is 0 Å². The quantitative estimate of drug-likeness (QED) is 0.738. The summed E-state index contributed by atoms with van der Waals surface area (Å²) in [6.45, 7) is -0.202. The lowest BCUT2D eigenvalue weighted by atomic mass is 10.1. The molecule has 0 bridgehead atoms. The number of benzene rings is 1. The zero-order valence-corrected chi connectivity index (χ0v) is 13.6. The molecule has 0 unspecified atom stereocenters. The van der Waals surface area contributed by atoms with Crippen molar-refractivity contribution in [3.63, 3.8) is 0 Å². The first kappa shape index (κ1) is 16.1. The summed E-state index contributed by atoms with van der Waals surface area (Å²) < 4.78 is 41.1. The predicted octanol–water partition coefficient (Wildman–Crippen LogP) is 4.02. The Kier molecular flexibility index (Phi) is 4.48. The van der Waals surface area contributed by atoms with Crippen molar-refractivity contribution in [2.24, 2.45) is 0 Å². The van der Waals surface area contributed by atoms with Crippen LogP contribution in [-0.4, -0.2) is 4.57 Å². The highest BCUT2D eigenvalue weighted by Crippen LogP contribution is 2.33. The van der Waals surface area contributed by atoms with Gasteiger partial charge in [0.2, 0.25) is 0 Å². The maximum atomic E-state index is 13.0. The number of aromatic nitrogens is 1. The maximum Gasteiger partial charge on any atom is 0.416 e. The second kappa shape index (κ2) is 5.84. The van der Waals surface area contributed by atoms with Gasteiger partial charge < -0.3 is 10.3 Å². The fourth-order valence-corrected chi connectivity index (χ4v) is 3.12. The largest absolute Gasteiger partial charge is 0.416 e. The molecule has 112 valence electrons. The molecule has 21 heavy (non-hydrogen) atoms. The van der Waals surface area contributed by atoms with Gasteiger partial charge >= 0.3 is 6.18 Å². The van der Waals surface area contributed by atoms with E-state index in [2.05, 4.69) is 31.9 Å². The molecule has 2 rings (SSSR count). The van der Waals surface area contributed by atoms with Gasteiger partial charge in [-0.25, -0.2) is 0 Å². The van der Waals surface area contributed by atoms with Crippen LogP contribution in [0.25, 0.3) is 0 Å². The average molecular weight is 426 g/mol. The van der Waals surface area contributed by atoms with E-state index in [9.17, 15) is 18.0 Å². The van der Waals surface area contributed by atoms with E-state index in [1.165, 1.54) is 29.0 Å². The van der Waals surface area contributed by atoms with Crippen molar-refractivity contribution in [2.75, 3.05) is 5.73 Å². The predicted molar refractivity (Wildman–Crippen MR) is 81.1 cm³/mol. The number of hydrogen-bond donors (Lipinski definition) is 1. The maximum absolute atomic E-state index is 13.0. The fraction of sp³-hybridized carbons (Fsp3) is 0.154. The van der Waals surface area contributed by atoms with E-state index in [1.54, 1.807) is 0 Å². The normalized spacial score (nSPS) is 11.7. The first-order chi connectivity index (χ1) is 9.68. The number of pyridine rings is 1. The van der Waals surface area contributed by atoms with Gasteiger partial charge in [-0.3, -0.25) is 4.79 Å². The summed E-state index contributed by atoms with van der Waals surface area (Å²) in [7, 11) is 0. The van der Waals surface area contributed by atoms with Crippen molar-refractivity contribution in [3.05, 3.63) is 60.9 Å². The van der Waals surface area contributed by atoms with Crippen molar-refractivity contribution in [1.29, 1.82) is 0 Å². The molecule has 0 aliphatic rings. The molecule has 0 saturated heterocycles. The van der Waals surface area contributed by atoms with E-state index in [4.69, 9.17) is 5.73 Å². The molecule has 2 N–H and O–H groups in total. The first-order valence-corrected chi connectivity index (χ1v) is 7.28. The van der Waals surface area contributed by atoms with Crippen LogP contribution in [0.2, 0.25) is 0 Å². The van der Waals surface area contributed by atoms with E-state index in [1.807, 2.05) is 0 Å². The molecular weight excluding hydrogens is 417 g/mol. The monoisotopic (exact) mass is 424 g/mol. The first-order valence-electron chi connectivity index (χ1n) is 5.69. The average Bonchev–Trinajstić information content (AvgIpc) is 2.36. The van der Waals surface area contributed by atoms with E-state index in [0.717, 1.165) is 6.07 Å².